The standard InChI is InChI=1S/C18H14N4OS/c1-3-7-13(8-4-1)15-11-19-18(20-15)24-12-16-21-22-17(23-16)14-9-5-2-6-10-14/h1-11H,12H2,(H,19,20). The first-order valence-corrected chi connectivity index (χ1v) is 8.48. The maximum absolute atomic E-state index is 5.70. The van der Waals surface area contributed by atoms with E-state index in [0.29, 0.717) is 17.5 Å². The Bertz CT molecular complexity index is 841. The van der Waals surface area contributed by atoms with Gasteiger partial charge in [-0.1, -0.05) is 60.3 Å². The molecule has 0 saturated carbocycles. The molecule has 0 saturated heterocycles. The molecule has 0 atom stereocenters. The molecule has 0 bridgehead atoms. The number of nitrogens with one attached hydrogen (secondary N) is 1. The third-order valence-corrected chi connectivity index (χ3v) is 4.33. The highest BCUT2D eigenvalue weighted by atomic mass is 32.2. The lowest BCUT2D eigenvalue weighted by molar-refractivity contribution is 0.528. The van der Waals surface area contributed by atoms with E-state index in [4.69, 9.17) is 4.42 Å². The van der Waals surface area contributed by atoms with Crippen molar-refractivity contribution in [3.8, 4) is 22.7 Å². The number of hydrogen-bond acceptors (Lipinski definition) is 5. The number of benzene rings is 2. The molecule has 5 nitrogen and oxygen atoms in total. The number of H-pyrrole nitrogens is 1. The smallest absolute Gasteiger partial charge is 0.247 e. The largest absolute Gasteiger partial charge is 0.420 e. The molecule has 118 valence electrons. The predicted molar refractivity (Wildman–Crippen MR) is 93.3 cm³/mol. The first-order valence-electron chi connectivity index (χ1n) is 7.49. The monoisotopic (exact) mass is 334 g/mol. The molecule has 4 rings (SSSR count). The maximum Gasteiger partial charge on any atom is 0.247 e. The van der Waals surface area contributed by atoms with E-state index in [2.05, 4.69) is 20.2 Å². The van der Waals surface area contributed by atoms with E-state index in [1.54, 1.807) is 0 Å². The van der Waals surface area contributed by atoms with Gasteiger partial charge in [0.25, 0.3) is 0 Å². The number of hydrogen-bond donors (Lipinski definition) is 1. The zero-order valence-electron chi connectivity index (χ0n) is 12.7. The molecule has 0 spiro atoms. The summed E-state index contributed by atoms with van der Waals surface area (Å²) in [6, 6.07) is 19.8. The Balaban J connectivity index is 1.43. The normalized spacial score (nSPS) is 10.8. The zero-order valence-corrected chi connectivity index (χ0v) is 13.5. The lowest BCUT2D eigenvalue weighted by Crippen LogP contribution is -1.82. The summed E-state index contributed by atoms with van der Waals surface area (Å²) in [5.41, 5.74) is 3.03. The van der Waals surface area contributed by atoms with Gasteiger partial charge in [-0.05, 0) is 17.7 Å². The summed E-state index contributed by atoms with van der Waals surface area (Å²) in [6.45, 7) is 0. The van der Waals surface area contributed by atoms with Gasteiger partial charge in [0.1, 0.15) is 0 Å². The molecular formula is C18H14N4OS. The Labute approximate surface area is 143 Å². The molecule has 2 aromatic heterocycles. The van der Waals surface area contributed by atoms with E-state index in [-0.39, 0.29) is 0 Å². The van der Waals surface area contributed by atoms with Gasteiger partial charge in [0.15, 0.2) is 5.16 Å². The van der Waals surface area contributed by atoms with E-state index in [0.717, 1.165) is 22.0 Å². The second-order valence-electron chi connectivity index (χ2n) is 5.12. The van der Waals surface area contributed by atoms with Gasteiger partial charge in [-0.2, -0.15) is 0 Å². The predicted octanol–water partition coefficient (Wildman–Crippen LogP) is 4.42. The SMILES string of the molecule is c1ccc(-c2cnc(SCc3nnc(-c4ccccc4)o3)[nH]2)cc1. The van der Waals surface area contributed by atoms with Crippen molar-refractivity contribution in [2.24, 2.45) is 0 Å². The van der Waals surface area contributed by atoms with Crippen molar-refractivity contribution >= 4 is 11.8 Å². The van der Waals surface area contributed by atoms with Crippen molar-refractivity contribution < 1.29 is 4.42 Å². The van der Waals surface area contributed by atoms with Gasteiger partial charge in [0.2, 0.25) is 11.8 Å². The van der Waals surface area contributed by atoms with Crippen LogP contribution in [0.1, 0.15) is 5.89 Å². The molecular weight excluding hydrogens is 320 g/mol. The van der Waals surface area contributed by atoms with Crippen LogP contribution in [0.25, 0.3) is 22.7 Å². The average molecular weight is 334 g/mol. The van der Waals surface area contributed by atoms with Crippen LogP contribution in [0.3, 0.4) is 0 Å². The Morgan fingerprint density at radius 1 is 0.875 bits per heavy atom. The zero-order chi connectivity index (χ0) is 16.2. The van der Waals surface area contributed by atoms with Crippen molar-refractivity contribution in [3.05, 3.63) is 72.8 Å². The molecule has 1 N–H and O–H groups in total. The van der Waals surface area contributed by atoms with E-state index in [1.165, 1.54) is 11.8 Å². The van der Waals surface area contributed by atoms with Crippen molar-refractivity contribution in [2.75, 3.05) is 0 Å². The second kappa shape index (κ2) is 6.72. The minimum atomic E-state index is 0.538. The van der Waals surface area contributed by atoms with Crippen molar-refractivity contribution in [1.82, 2.24) is 20.2 Å². The Kier molecular flexibility index (Phi) is 4.12. The topological polar surface area (TPSA) is 67.6 Å². The quantitative estimate of drug-likeness (QED) is 0.547. The number of thioether (sulfide) groups is 1. The van der Waals surface area contributed by atoms with Gasteiger partial charge < -0.3 is 9.40 Å². The Morgan fingerprint density at radius 2 is 1.58 bits per heavy atom. The first kappa shape index (κ1) is 14.7. The molecule has 0 unspecified atom stereocenters. The average Bonchev–Trinajstić information content (AvgIpc) is 3.31. The summed E-state index contributed by atoms with van der Waals surface area (Å²) in [4.78, 5) is 7.69. The summed E-state index contributed by atoms with van der Waals surface area (Å²) < 4.78 is 5.70. The molecule has 24 heavy (non-hydrogen) atoms. The first-order chi connectivity index (χ1) is 11.9. The molecule has 0 fully saturated rings. The molecule has 0 amide bonds. The van der Waals surface area contributed by atoms with Gasteiger partial charge in [-0.25, -0.2) is 4.98 Å². The molecule has 0 aliphatic heterocycles. The van der Waals surface area contributed by atoms with Gasteiger partial charge in [0.05, 0.1) is 17.6 Å². The van der Waals surface area contributed by atoms with Crippen LogP contribution in [-0.4, -0.2) is 20.2 Å². The van der Waals surface area contributed by atoms with Crippen molar-refractivity contribution in [1.29, 1.82) is 0 Å². The summed E-state index contributed by atoms with van der Waals surface area (Å²) in [7, 11) is 0. The lowest BCUT2D eigenvalue weighted by Gasteiger charge is -1.96. The second-order valence-corrected chi connectivity index (χ2v) is 6.09. The fourth-order valence-corrected chi connectivity index (χ4v) is 2.97. The Morgan fingerprint density at radius 3 is 2.33 bits per heavy atom. The third-order valence-electron chi connectivity index (χ3n) is 3.46. The fourth-order valence-electron chi connectivity index (χ4n) is 2.28. The van der Waals surface area contributed by atoms with Crippen molar-refractivity contribution in [2.45, 2.75) is 10.9 Å². The van der Waals surface area contributed by atoms with Crippen LogP contribution < -0.4 is 0 Å². The highest BCUT2D eigenvalue weighted by Crippen LogP contribution is 2.25. The molecule has 0 aliphatic rings. The van der Waals surface area contributed by atoms with Crippen LogP contribution in [0.15, 0.2) is 76.4 Å². The van der Waals surface area contributed by atoms with E-state index in [9.17, 15) is 0 Å². The minimum Gasteiger partial charge on any atom is -0.420 e. The van der Waals surface area contributed by atoms with Crippen LogP contribution in [-0.2, 0) is 5.75 Å². The molecule has 2 aromatic carbocycles. The summed E-state index contributed by atoms with van der Waals surface area (Å²) in [6.07, 6.45) is 1.83. The highest BCUT2D eigenvalue weighted by molar-refractivity contribution is 7.98. The highest BCUT2D eigenvalue weighted by Gasteiger charge is 2.10. The van der Waals surface area contributed by atoms with Gasteiger partial charge in [-0.15, -0.1) is 10.2 Å². The van der Waals surface area contributed by atoms with E-state index < -0.39 is 0 Å². The molecule has 6 heteroatoms. The molecule has 4 aromatic rings. The third kappa shape index (κ3) is 3.23. The van der Waals surface area contributed by atoms with Gasteiger partial charge in [-0.3, -0.25) is 0 Å². The summed E-state index contributed by atoms with van der Waals surface area (Å²) in [5.74, 6) is 1.69. The van der Waals surface area contributed by atoms with Crippen LogP contribution in [0, 0.1) is 0 Å². The molecule has 0 radical (unpaired) electrons. The maximum atomic E-state index is 5.70. The number of aromatic amines is 1. The lowest BCUT2D eigenvalue weighted by atomic mass is 10.2. The minimum absolute atomic E-state index is 0.538. The fraction of sp³-hybridized carbons (Fsp3) is 0.0556. The van der Waals surface area contributed by atoms with Gasteiger partial charge >= 0.3 is 0 Å². The number of rotatable bonds is 5. The number of imidazole rings is 1. The summed E-state index contributed by atoms with van der Waals surface area (Å²) >= 11 is 1.53. The van der Waals surface area contributed by atoms with E-state index in [1.807, 2.05) is 66.9 Å². The Hall–Kier alpha value is -2.86. The number of nitrogens with zero attached hydrogens (tertiary/aromatic N) is 3. The van der Waals surface area contributed by atoms with Crippen LogP contribution >= 0.6 is 11.8 Å². The van der Waals surface area contributed by atoms with Crippen LogP contribution in [0.4, 0.5) is 0 Å². The number of aromatic nitrogens is 4. The molecule has 2 heterocycles. The summed E-state index contributed by atoms with van der Waals surface area (Å²) in [5, 5.41) is 9.01. The van der Waals surface area contributed by atoms with Crippen molar-refractivity contribution in [3.63, 3.8) is 0 Å². The van der Waals surface area contributed by atoms with Crippen LogP contribution in [0.2, 0.25) is 0 Å². The van der Waals surface area contributed by atoms with Gasteiger partial charge in [0, 0.05) is 5.56 Å². The van der Waals surface area contributed by atoms with Crippen LogP contribution in [0.5, 0.6) is 0 Å². The van der Waals surface area contributed by atoms with E-state index >= 15 is 0 Å². The molecule has 0 aliphatic carbocycles.